The molecule has 0 amide bonds. The van der Waals surface area contributed by atoms with E-state index < -0.39 is 9.84 Å². The van der Waals surface area contributed by atoms with E-state index in [-0.39, 0.29) is 12.4 Å². The lowest BCUT2D eigenvalue weighted by molar-refractivity contribution is 0.205. The summed E-state index contributed by atoms with van der Waals surface area (Å²) in [6, 6.07) is 12.5. The van der Waals surface area contributed by atoms with Crippen molar-refractivity contribution in [2.75, 3.05) is 26.2 Å². The molecule has 1 aromatic carbocycles. The van der Waals surface area contributed by atoms with Gasteiger partial charge in [0, 0.05) is 18.9 Å². The number of fused-ring (bicyclic) bond motifs is 1. The van der Waals surface area contributed by atoms with Crippen molar-refractivity contribution in [3.05, 3.63) is 60.4 Å². The van der Waals surface area contributed by atoms with Crippen LogP contribution in [0.2, 0.25) is 0 Å². The first-order chi connectivity index (χ1) is 14.6. The minimum Gasteiger partial charge on any atom is -0.494 e. The van der Waals surface area contributed by atoms with Gasteiger partial charge in [-0.15, -0.1) is 12.4 Å². The molecule has 2 aromatic heterocycles. The van der Waals surface area contributed by atoms with Crippen LogP contribution in [0.15, 0.2) is 64.6 Å². The highest BCUT2D eigenvalue weighted by atomic mass is 35.5. The van der Waals surface area contributed by atoms with Gasteiger partial charge in [0.2, 0.25) is 9.84 Å². The van der Waals surface area contributed by atoms with Crippen molar-refractivity contribution in [1.29, 1.82) is 0 Å². The average molecular weight is 463 g/mol. The smallest absolute Gasteiger partial charge is 0.208 e. The van der Waals surface area contributed by atoms with E-state index in [4.69, 9.17) is 4.74 Å². The fourth-order valence-corrected chi connectivity index (χ4v) is 5.93. The zero-order valence-corrected chi connectivity index (χ0v) is 19.6. The van der Waals surface area contributed by atoms with Crippen LogP contribution >= 0.6 is 12.4 Å². The summed E-state index contributed by atoms with van der Waals surface area (Å²) in [4.78, 5) is 3.20. The second-order valence-electron chi connectivity index (χ2n) is 7.91. The van der Waals surface area contributed by atoms with Crippen LogP contribution in [-0.2, 0) is 16.3 Å². The lowest BCUT2D eigenvalue weighted by Crippen LogP contribution is -2.31. The van der Waals surface area contributed by atoms with Gasteiger partial charge in [-0.05, 0) is 80.7 Å². The van der Waals surface area contributed by atoms with Crippen LogP contribution in [0.3, 0.4) is 0 Å². The fourth-order valence-electron chi connectivity index (χ4n) is 4.21. The third-order valence-electron chi connectivity index (χ3n) is 5.83. The minimum absolute atomic E-state index is 0. The number of aryl methyl sites for hydroxylation is 1. The molecule has 5 nitrogen and oxygen atoms in total. The molecule has 0 N–H and O–H groups in total. The molecule has 168 valence electrons. The number of ether oxygens (including phenoxy) is 1. The topological polar surface area (TPSA) is 51.0 Å². The van der Waals surface area contributed by atoms with Gasteiger partial charge in [0.15, 0.2) is 0 Å². The van der Waals surface area contributed by atoms with Gasteiger partial charge in [0.25, 0.3) is 0 Å². The summed E-state index contributed by atoms with van der Waals surface area (Å²) in [6.45, 7) is 6.08. The molecule has 4 rings (SSSR count). The SMILES string of the molecule is CCc1cn2ccccc2c1S(=O)(=O)c1ccc(OCCCN2CCCCC2)cc1.Cl. The van der Waals surface area contributed by atoms with E-state index in [1.807, 2.05) is 41.9 Å². The molecule has 0 atom stereocenters. The lowest BCUT2D eigenvalue weighted by Gasteiger charge is -2.26. The average Bonchev–Trinajstić information content (AvgIpc) is 3.17. The van der Waals surface area contributed by atoms with Crippen molar-refractivity contribution in [2.24, 2.45) is 0 Å². The van der Waals surface area contributed by atoms with E-state index in [2.05, 4.69) is 4.90 Å². The Bertz CT molecular complexity index is 1090. The number of sulfone groups is 1. The molecule has 3 aromatic rings. The number of rotatable bonds is 8. The number of aromatic nitrogens is 1. The van der Waals surface area contributed by atoms with Crippen molar-refractivity contribution in [3.8, 4) is 5.75 Å². The zero-order chi connectivity index (χ0) is 21.0. The normalized spacial score (nSPS) is 15.0. The molecule has 0 saturated carbocycles. The van der Waals surface area contributed by atoms with Gasteiger partial charge in [0.05, 0.1) is 17.0 Å². The van der Waals surface area contributed by atoms with Gasteiger partial charge >= 0.3 is 0 Å². The molecule has 0 spiro atoms. The molecule has 1 saturated heterocycles. The van der Waals surface area contributed by atoms with Crippen molar-refractivity contribution < 1.29 is 13.2 Å². The highest BCUT2D eigenvalue weighted by Crippen LogP contribution is 2.31. The van der Waals surface area contributed by atoms with Crippen LogP contribution in [0.5, 0.6) is 5.75 Å². The van der Waals surface area contributed by atoms with E-state index >= 15 is 0 Å². The van der Waals surface area contributed by atoms with Gasteiger partial charge in [-0.1, -0.05) is 19.4 Å². The Morgan fingerprint density at radius 1 is 1.00 bits per heavy atom. The molecule has 7 heteroatoms. The van der Waals surface area contributed by atoms with Gasteiger partial charge in [-0.3, -0.25) is 0 Å². The molecule has 3 heterocycles. The Morgan fingerprint density at radius 3 is 2.45 bits per heavy atom. The molecular formula is C24H31ClN2O3S. The van der Waals surface area contributed by atoms with Crippen LogP contribution in [0.4, 0.5) is 0 Å². The Balaban J connectivity index is 0.00000272. The van der Waals surface area contributed by atoms with Crippen LogP contribution in [0, 0.1) is 0 Å². The number of nitrogens with zero attached hydrogens (tertiary/aromatic N) is 2. The summed E-state index contributed by atoms with van der Waals surface area (Å²) >= 11 is 0. The Morgan fingerprint density at radius 2 is 1.74 bits per heavy atom. The van der Waals surface area contributed by atoms with E-state index in [0.29, 0.717) is 34.1 Å². The van der Waals surface area contributed by atoms with Crippen molar-refractivity contribution in [1.82, 2.24) is 9.30 Å². The number of halogens is 1. The number of benzene rings is 1. The van der Waals surface area contributed by atoms with Gasteiger partial charge in [-0.2, -0.15) is 0 Å². The third-order valence-corrected chi connectivity index (χ3v) is 7.73. The molecule has 0 bridgehead atoms. The van der Waals surface area contributed by atoms with E-state index in [1.54, 1.807) is 24.3 Å². The molecule has 0 radical (unpaired) electrons. The first kappa shape index (κ1) is 23.6. The monoisotopic (exact) mass is 462 g/mol. The standard InChI is InChI=1S/C24H30N2O3S.ClH/c1-2-20-19-26-17-7-4-9-23(26)24(20)30(27,28)22-12-10-21(11-13-22)29-18-8-16-25-14-5-3-6-15-25;/h4,7,9-13,17,19H,2-3,5-6,8,14-16,18H2,1H3;1H. The molecule has 31 heavy (non-hydrogen) atoms. The molecule has 0 aliphatic carbocycles. The van der Waals surface area contributed by atoms with Crippen LogP contribution in [0.25, 0.3) is 5.52 Å². The maximum atomic E-state index is 13.4. The van der Waals surface area contributed by atoms with E-state index in [9.17, 15) is 8.42 Å². The lowest BCUT2D eigenvalue weighted by atomic mass is 10.1. The largest absolute Gasteiger partial charge is 0.494 e. The summed E-state index contributed by atoms with van der Waals surface area (Å²) < 4.78 is 34.5. The van der Waals surface area contributed by atoms with Gasteiger partial charge in [-0.25, -0.2) is 8.42 Å². The number of hydrogen-bond acceptors (Lipinski definition) is 4. The molecule has 0 unspecified atom stereocenters. The molecular weight excluding hydrogens is 432 g/mol. The first-order valence-electron chi connectivity index (χ1n) is 10.9. The van der Waals surface area contributed by atoms with Gasteiger partial charge < -0.3 is 14.0 Å². The second kappa shape index (κ2) is 10.5. The maximum Gasteiger partial charge on any atom is 0.208 e. The number of likely N-dealkylation sites (tertiary alicyclic amines) is 1. The number of hydrogen-bond donors (Lipinski definition) is 0. The maximum absolute atomic E-state index is 13.4. The third kappa shape index (κ3) is 5.25. The highest BCUT2D eigenvalue weighted by molar-refractivity contribution is 7.91. The molecule has 1 aliphatic heterocycles. The summed E-state index contributed by atoms with van der Waals surface area (Å²) in [5, 5.41) is 0. The van der Waals surface area contributed by atoms with Crippen LogP contribution in [-0.4, -0.2) is 44.0 Å². The quantitative estimate of drug-likeness (QED) is 0.441. The van der Waals surface area contributed by atoms with Crippen molar-refractivity contribution >= 4 is 27.8 Å². The Labute approximate surface area is 191 Å². The highest BCUT2D eigenvalue weighted by Gasteiger charge is 2.25. The summed E-state index contributed by atoms with van der Waals surface area (Å²) in [5.74, 6) is 0.713. The second-order valence-corrected chi connectivity index (χ2v) is 9.80. The Hall–Kier alpha value is -2.02. The predicted octanol–water partition coefficient (Wildman–Crippen LogP) is 5.01. The van der Waals surface area contributed by atoms with E-state index in [1.165, 1.54) is 32.4 Å². The predicted molar refractivity (Wildman–Crippen MR) is 126 cm³/mol. The van der Waals surface area contributed by atoms with E-state index in [0.717, 1.165) is 18.5 Å². The van der Waals surface area contributed by atoms with Crippen molar-refractivity contribution in [2.45, 2.75) is 48.8 Å². The van der Waals surface area contributed by atoms with Crippen LogP contribution < -0.4 is 4.74 Å². The minimum atomic E-state index is -3.60. The number of pyridine rings is 1. The molecule has 1 fully saturated rings. The summed E-state index contributed by atoms with van der Waals surface area (Å²) in [5.41, 5.74) is 1.55. The molecule has 1 aliphatic rings. The number of piperidine rings is 1. The summed E-state index contributed by atoms with van der Waals surface area (Å²) in [6.07, 6.45) is 9.38. The van der Waals surface area contributed by atoms with Crippen LogP contribution in [0.1, 0.15) is 38.2 Å². The van der Waals surface area contributed by atoms with Gasteiger partial charge in [0.1, 0.15) is 10.6 Å². The van der Waals surface area contributed by atoms with Crippen molar-refractivity contribution in [3.63, 3.8) is 0 Å². The Kier molecular flexibility index (Phi) is 8.03. The first-order valence-corrected chi connectivity index (χ1v) is 12.4. The summed E-state index contributed by atoms with van der Waals surface area (Å²) in [7, 11) is -3.60. The fraction of sp³-hybridized carbons (Fsp3) is 0.417. The zero-order valence-electron chi connectivity index (χ0n) is 18.0.